The molecule has 1 aromatic rings. The molecule has 1 fully saturated rings. The normalized spacial score (nSPS) is 18.6. The number of likely N-dealkylation sites (N-methyl/N-ethyl adjacent to an activating group) is 1. The van der Waals surface area contributed by atoms with E-state index in [9.17, 15) is 4.39 Å². The molecular weight excluding hydrogens is 165 g/mol. The lowest BCUT2D eigenvalue weighted by molar-refractivity contribution is 0.551. The van der Waals surface area contributed by atoms with Gasteiger partial charge in [0, 0.05) is 12.0 Å². The lowest BCUT2D eigenvalue weighted by Gasteiger charge is -2.15. The first-order valence-electron chi connectivity index (χ1n) is 4.68. The second-order valence-corrected chi connectivity index (χ2v) is 3.79. The van der Waals surface area contributed by atoms with Gasteiger partial charge < -0.3 is 5.32 Å². The minimum Gasteiger partial charge on any atom is -0.319 e. The lowest BCUT2D eigenvalue weighted by Crippen LogP contribution is -2.24. The molecule has 70 valence electrons. The molecule has 0 aliphatic heterocycles. The Morgan fingerprint density at radius 1 is 1.38 bits per heavy atom. The molecule has 0 bridgehead atoms. The second kappa shape index (κ2) is 3.11. The maximum Gasteiger partial charge on any atom is 0.127 e. The van der Waals surface area contributed by atoms with Crippen LogP contribution in [0.3, 0.4) is 0 Å². The summed E-state index contributed by atoms with van der Waals surface area (Å²) < 4.78 is 13.4. The van der Waals surface area contributed by atoms with Gasteiger partial charge in [0.15, 0.2) is 0 Å². The Balaban J connectivity index is 2.30. The van der Waals surface area contributed by atoms with Crippen LogP contribution >= 0.6 is 0 Å². The van der Waals surface area contributed by atoms with Crippen molar-refractivity contribution in [2.24, 2.45) is 0 Å². The van der Waals surface area contributed by atoms with E-state index < -0.39 is 0 Å². The first-order chi connectivity index (χ1) is 6.28. The van der Waals surface area contributed by atoms with Crippen LogP contribution in [0.5, 0.6) is 0 Å². The Hall–Kier alpha value is -0.890. The van der Waals surface area contributed by atoms with Gasteiger partial charge in [0.25, 0.3) is 0 Å². The molecule has 0 heterocycles. The highest BCUT2D eigenvalue weighted by Crippen LogP contribution is 2.48. The zero-order valence-corrected chi connectivity index (χ0v) is 7.81. The van der Waals surface area contributed by atoms with Crippen molar-refractivity contribution in [3.05, 3.63) is 35.6 Å². The molecule has 2 rings (SSSR count). The molecule has 0 unspecified atom stereocenters. The maximum absolute atomic E-state index is 13.4. The zero-order chi connectivity index (χ0) is 9.31. The summed E-state index contributed by atoms with van der Waals surface area (Å²) in [5.41, 5.74) is 0.976. The van der Waals surface area contributed by atoms with Crippen molar-refractivity contribution in [1.29, 1.82) is 0 Å². The highest BCUT2D eigenvalue weighted by molar-refractivity contribution is 5.33. The van der Waals surface area contributed by atoms with Crippen LogP contribution in [0, 0.1) is 5.82 Å². The van der Waals surface area contributed by atoms with Crippen LogP contribution < -0.4 is 5.32 Å². The van der Waals surface area contributed by atoms with E-state index in [1.54, 1.807) is 12.1 Å². The summed E-state index contributed by atoms with van der Waals surface area (Å²) in [5, 5.41) is 3.13. The first-order valence-corrected chi connectivity index (χ1v) is 4.68. The van der Waals surface area contributed by atoms with Crippen LogP contribution in [0.4, 0.5) is 4.39 Å². The number of nitrogens with one attached hydrogen (secondary N) is 1. The van der Waals surface area contributed by atoms with Gasteiger partial charge in [-0.05, 0) is 31.5 Å². The van der Waals surface area contributed by atoms with Crippen molar-refractivity contribution in [3.63, 3.8) is 0 Å². The summed E-state index contributed by atoms with van der Waals surface area (Å²) in [5.74, 6) is -0.0600. The van der Waals surface area contributed by atoms with Gasteiger partial charge in [0.05, 0.1) is 0 Å². The first kappa shape index (κ1) is 8.70. The predicted octanol–water partition coefficient (Wildman–Crippen LogP) is 2.08. The Bertz CT molecular complexity index is 305. The molecule has 0 aromatic heterocycles. The van der Waals surface area contributed by atoms with Crippen LogP contribution in [0.1, 0.15) is 18.4 Å². The minimum atomic E-state index is -0.0600. The predicted molar refractivity (Wildman–Crippen MR) is 51.2 cm³/mol. The maximum atomic E-state index is 13.4. The molecule has 1 nitrogen and oxygen atoms in total. The van der Waals surface area contributed by atoms with Crippen molar-refractivity contribution in [3.8, 4) is 0 Å². The van der Waals surface area contributed by atoms with E-state index in [0.717, 1.165) is 24.9 Å². The Morgan fingerprint density at radius 2 is 2.08 bits per heavy atom. The fraction of sp³-hybridized carbons (Fsp3) is 0.455. The molecule has 13 heavy (non-hydrogen) atoms. The standard InChI is InChI=1S/C11H14FN/c1-13-8-11(6-7-11)9-4-2-3-5-10(9)12/h2-5,13H,6-8H2,1H3. The number of halogens is 1. The van der Waals surface area contributed by atoms with E-state index in [1.165, 1.54) is 0 Å². The van der Waals surface area contributed by atoms with Gasteiger partial charge in [-0.25, -0.2) is 4.39 Å². The van der Waals surface area contributed by atoms with E-state index in [0.29, 0.717) is 0 Å². The smallest absolute Gasteiger partial charge is 0.127 e. The third-order valence-corrected chi connectivity index (χ3v) is 2.81. The monoisotopic (exact) mass is 179 g/mol. The number of rotatable bonds is 3. The molecule has 2 heteroatoms. The van der Waals surface area contributed by atoms with Gasteiger partial charge in [-0.1, -0.05) is 18.2 Å². The van der Waals surface area contributed by atoms with Gasteiger partial charge in [-0.15, -0.1) is 0 Å². The summed E-state index contributed by atoms with van der Waals surface area (Å²) in [6.07, 6.45) is 2.21. The van der Waals surface area contributed by atoms with E-state index in [2.05, 4.69) is 5.32 Å². The van der Waals surface area contributed by atoms with Crippen LogP contribution in [0.2, 0.25) is 0 Å². The largest absolute Gasteiger partial charge is 0.319 e. The summed E-state index contributed by atoms with van der Waals surface area (Å²) >= 11 is 0. The lowest BCUT2D eigenvalue weighted by atomic mass is 9.95. The molecule has 1 N–H and O–H groups in total. The summed E-state index contributed by atoms with van der Waals surface area (Å²) in [6.45, 7) is 0.883. The Kier molecular flexibility index (Phi) is 2.08. The van der Waals surface area contributed by atoms with Crippen molar-refractivity contribution in [2.45, 2.75) is 18.3 Å². The molecule has 1 aliphatic rings. The van der Waals surface area contributed by atoms with Crippen molar-refractivity contribution >= 4 is 0 Å². The minimum absolute atomic E-state index is 0.0600. The zero-order valence-electron chi connectivity index (χ0n) is 7.81. The average molecular weight is 179 g/mol. The number of benzene rings is 1. The molecule has 0 atom stereocenters. The quantitative estimate of drug-likeness (QED) is 0.749. The fourth-order valence-corrected chi connectivity index (χ4v) is 1.92. The molecule has 1 aliphatic carbocycles. The number of hydrogen-bond donors (Lipinski definition) is 1. The summed E-state index contributed by atoms with van der Waals surface area (Å²) in [6, 6.07) is 7.10. The van der Waals surface area contributed by atoms with Crippen molar-refractivity contribution in [1.82, 2.24) is 5.32 Å². The molecule has 0 amide bonds. The fourth-order valence-electron chi connectivity index (χ4n) is 1.92. The van der Waals surface area contributed by atoms with Gasteiger partial charge in [0.1, 0.15) is 5.82 Å². The average Bonchev–Trinajstić information content (AvgIpc) is 2.87. The number of hydrogen-bond acceptors (Lipinski definition) is 1. The van der Waals surface area contributed by atoms with Gasteiger partial charge >= 0.3 is 0 Å². The molecule has 0 saturated heterocycles. The molecular formula is C11H14FN. The third kappa shape index (κ3) is 1.46. The summed E-state index contributed by atoms with van der Waals surface area (Å²) in [7, 11) is 1.92. The SMILES string of the molecule is CNCC1(c2ccccc2F)CC1. The van der Waals surface area contributed by atoms with E-state index >= 15 is 0 Å². The van der Waals surface area contributed by atoms with E-state index in [1.807, 2.05) is 19.2 Å². The van der Waals surface area contributed by atoms with Crippen molar-refractivity contribution in [2.75, 3.05) is 13.6 Å². The van der Waals surface area contributed by atoms with Crippen LogP contribution in [-0.4, -0.2) is 13.6 Å². The second-order valence-electron chi connectivity index (χ2n) is 3.79. The van der Waals surface area contributed by atoms with E-state index in [4.69, 9.17) is 0 Å². The Morgan fingerprint density at radius 3 is 2.62 bits per heavy atom. The van der Waals surface area contributed by atoms with Crippen LogP contribution in [0.25, 0.3) is 0 Å². The highest BCUT2D eigenvalue weighted by Gasteiger charge is 2.44. The highest BCUT2D eigenvalue weighted by atomic mass is 19.1. The van der Waals surface area contributed by atoms with Crippen LogP contribution in [0.15, 0.2) is 24.3 Å². The topological polar surface area (TPSA) is 12.0 Å². The van der Waals surface area contributed by atoms with Crippen LogP contribution in [-0.2, 0) is 5.41 Å². The van der Waals surface area contributed by atoms with E-state index in [-0.39, 0.29) is 11.2 Å². The molecule has 1 aromatic carbocycles. The van der Waals surface area contributed by atoms with Gasteiger partial charge in [0.2, 0.25) is 0 Å². The molecule has 0 spiro atoms. The van der Waals surface area contributed by atoms with Crippen molar-refractivity contribution < 1.29 is 4.39 Å². The molecule has 0 radical (unpaired) electrons. The van der Waals surface area contributed by atoms with Gasteiger partial charge in [-0.3, -0.25) is 0 Å². The summed E-state index contributed by atoms with van der Waals surface area (Å²) in [4.78, 5) is 0. The van der Waals surface area contributed by atoms with Gasteiger partial charge in [-0.2, -0.15) is 0 Å². The molecule has 1 saturated carbocycles. The third-order valence-electron chi connectivity index (χ3n) is 2.81. The Labute approximate surface area is 78.0 Å².